The van der Waals surface area contributed by atoms with Crippen LogP contribution in [-0.4, -0.2) is 28.7 Å². The van der Waals surface area contributed by atoms with Crippen molar-refractivity contribution in [2.75, 3.05) is 16.8 Å². The van der Waals surface area contributed by atoms with Crippen molar-refractivity contribution in [2.45, 2.75) is 59.0 Å². The van der Waals surface area contributed by atoms with Crippen LogP contribution in [0, 0.1) is 5.92 Å². The third kappa shape index (κ3) is 4.64. The van der Waals surface area contributed by atoms with E-state index in [-0.39, 0.29) is 29.5 Å². The second-order valence-corrected chi connectivity index (χ2v) is 9.26. The molecule has 2 atom stereocenters. The van der Waals surface area contributed by atoms with Gasteiger partial charge in [-0.3, -0.25) is 4.90 Å². The van der Waals surface area contributed by atoms with Crippen LogP contribution in [0.3, 0.4) is 0 Å². The molecule has 0 aliphatic carbocycles. The second-order valence-electron chi connectivity index (χ2n) is 8.85. The molecule has 29 heavy (non-hydrogen) atoms. The molecule has 1 saturated heterocycles. The Kier molecular flexibility index (Phi) is 6.03. The van der Waals surface area contributed by atoms with E-state index in [1.54, 1.807) is 17.2 Å². The number of nitrogens with one attached hydrogen (secondary N) is 1. The summed E-state index contributed by atoms with van der Waals surface area (Å²) in [5.74, 6) is 1.27. The third-order valence-electron chi connectivity index (χ3n) is 5.21. The summed E-state index contributed by atoms with van der Waals surface area (Å²) in [4.78, 5) is 22.7. The van der Waals surface area contributed by atoms with Gasteiger partial charge >= 0.3 is 6.09 Å². The lowest BCUT2D eigenvalue weighted by Crippen LogP contribution is -2.37. The van der Waals surface area contributed by atoms with Crippen LogP contribution in [0.2, 0.25) is 5.02 Å². The molecule has 0 spiro atoms. The van der Waals surface area contributed by atoms with Crippen LogP contribution in [0.1, 0.15) is 58.7 Å². The van der Waals surface area contributed by atoms with Crippen molar-refractivity contribution in [3.8, 4) is 0 Å². The molecule has 156 valence electrons. The van der Waals surface area contributed by atoms with Gasteiger partial charge in [0.2, 0.25) is 5.95 Å². The van der Waals surface area contributed by atoms with E-state index in [1.165, 1.54) is 0 Å². The summed E-state index contributed by atoms with van der Waals surface area (Å²) >= 11 is 6.40. The molecule has 0 unspecified atom stereocenters. The molecule has 0 bridgehead atoms. The van der Waals surface area contributed by atoms with Crippen molar-refractivity contribution in [1.82, 2.24) is 9.97 Å². The zero-order chi connectivity index (χ0) is 21.3. The van der Waals surface area contributed by atoms with Crippen LogP contribution in [0.4, 0.5) is 16.6 Å². The van der Waals surface area contributed by atoms with E-state index in [0.717, 1.165) is 16.1 Å². The van der Waals surface area contributed by atoms with Crippen LogP contribution in [0.25, 0.3) is 0 Å². The summed E-state index contributed by atoms with van der Waals surface area (Å²) in [7, 11) is 0. The number of carbonyl (C=O) groups excluding carboxylic acids is 1. The number of aromatic nitrogens is 2. The zero-order valence-corrected chi connectivity index (χ0v) is 18.6. The molecule has 1 aromatic carbocycles. The lowest BCUT2D eigenvalue weighted by Gasteiger charge is -2.24. The second kappa shape index (κ2) is 8.19. The van der Waals surface area contributed by atoms with Gasteiger partial charge in [0.1, 0.15) is 12.4 Å². The fourth-order valence-electron chi connectivity index (χ4n) is 3.41. The predicted octanol–water partition coefficient (Wildman–Crippen LogP) is 5.58. The molecule has 1 N–H and O–H groups in total. The van der Waals surface area contributed by atoms with Crippen molar-refractivity contribution in [3.63, 3.8) is 0 Å². The van der Waals surface area contributed by atoms with Gasteiger partial charge in [0, 0.05) is 11.2 Å². The molecule has 0 radical (unpaired) electrons. The molecule has 1 fully saturated rings. The fourth-order valence-corrected chi connectivity index (χ4v) is 3.81. The Morgan fingerprint density at radius 1 is 1.24 bits per heavy atom. The minimum Gasteiger partial charge on any atom is -0.447 e. The molecule has 2 heterocycles. The summed E-state index contributed by atoms with van der Waals surface area (Å²) in [5, 5.41) is 4.10. The lowest BCUT2D eigenvalue weighted by molar-refractivity contribution is 0.177. The molecule has 3 rings (SSSR count). The topological polar surface area (TPSA) is 67.3 Å². The van der Waals surface area contributed by atoms with Gasteiger partial charge in [0.25, 0.3) is 0 Å². The molecule has 2 aromatic rings. The van der Waals surface area contributed by atoms with E-state index in [1.807, 2.05) is 19.1 Å². The van der Waals surface area contributed by atoms with Crippen molar-refractivity contribution < 1.29 is 9.53 Å². The third-order valence-corrected chi connectivity index (χ3v) is 5.54. The number of benzene rings is 1. The van der Waals surface area contributed by atoms with Gasteiger partial charge in [-0.1, -0.05) is 58.4 Å². The quantitative estimate of drug-likeness (QED) is 0.688. The summed E-state index contributed by atoms with van der Waals surface area (Å²) in [6, 6.07) is 7.73. The van der Waals surface area contributed by atoms with Gasteiger partial charge in [-0.15, -0.1) is 0 Å². The Balaban J connectivity index is 1.83. The Morgan fingerprint density at radius 3 is 2.62 bits per heavy atom. The standard InChI is InChI=1S/C22H29ClN4O2/c1-13(2)18-12-29-21(28)27(18)19-9-10-24-20(26-19)25-14(3)15-7-8-17(23)16(11-15)22(4,5)6/h7-11,13-14,18H,12H2,1-6H3,(H,24,25,26)/t14-,18+/m0/s1. The first-order chi connectivity index (χ1) is 13.6. The van der Waals surface area contributed by atoms with E-state index in [2.05, 4.69) is 56.0 Å². The van der Waals surface area contributed by atoms with Crippen LogP contribution in [0.15, 0.2) is 30.5 Å². The van der Waals surface area contributed by atoms with Crippen molar-refractivity contribution in [3.05, 3.63) is 46.6 Å². The van der Waals surface area contributed by atoms with E-state index in [9.17, 15) is 4.79 Å². The van der Waals surface area contributed by atoms with Gasteiger partial charge < -0.3 is 10.1 Å². The summed E-state index contributed by atoms with van der Waals surface area (Å²) in [5.41, 5.74) is 2.14. The van der Waals surface area contributed by atoms with Crippen LogP contribution < -0.4 is 10.2 Å². The smallest absolute Gasteiger partial charge is 0.415 e. The maximum absolute atomic E-state index is 12.2. The van der Waals surface area contributed by atoms with E-state index < -0.39 is 0 Å². The first-order valence-electron chi connectivity index (χ1n) is 9.93. The summed E-state index contributed by atoms with van der Waals surface area (Å²) < 4.78 is 5.23. The number of hydrogen-bond donors (Lipinski definition) is 1. The number of nitrogens with zero attached hydrogens (tertiary/aromatic N) is 3. The average molecular weight is 417 g/mol. The van der Waals surface area contributed by atoms with Crippen LogP contribution in [0.5, 0.6) is 0 Å². The minimum atomic E-state index is -0.367. The number of amides is 1. The molecular weight excluding hydrogens is 388 g/mol. The predicted molar refractivity (Wildman–Crippen MR) is 117 cm³/mol. The molecule has 0 saturated carbocycles. The highest BCUT2D eigenvalue weighted by molar-refractivity contribution is 6.31. The number of carbonyl (C=O) groups is 1. The number of halogens is 1. The number of cyclic esters (lactones) is 1. The highest BCUT2D eigenvalue weighted by Crippen LogP contribution is 2.32. The van der Waals surface area contributed by atoms with Crippen molar-refractivity contribution in [2.24, 2.45) is 5.92 Å². The molecular formula is C22H29ClN4O2. The van der Waals surface area contributed by atoms with Gasteiger partial charge in [-0.05, 0) is 41.5 Å². The SMILES string of the molecule is CC(C)[C@H]1COC(=O)N1c1ccnc(N[C@@H](C)c2ccc(Cl)c(C(C)(C)C)c2)n1. The van der Waals surface area contributed by atoms with Gasteiger partial charge in [0.05, 0.1) is 12.1 Å². The number of hydrogen-bond acceptors (Lipinski definition) is 5. The molecule has 1 amide bonds. The Morgan fingerprint density at radius 2 is 1.97 bits per heavy atom. The normalized spacial score (nSPS) is 18.1. The van der Waals surface area contributed by atoms with Gasteiger partial charge in [-0.25, -0.2) is 9.78 Å². The summed E-state index contributed by atoms with van der Waals surface area (Å²) in [6.45, 7) is 13.0. The number of ether oxygens (including phenoxy) is 1. The molecule has 1 aromatic heterocycles. The van der Waals surface area contributed by atoms with Crippen molar-refractivity contribution in [1.29, 1.82) is 0 Å². The minimum absolute atomic E-state index is 0.0324. The highest BCUT2D eigenvalue weighted by Gasteiger charge is 2.37. The van der Waals surface area contributed by atoms with E-state index in [0.29, 0.717) is 18.4 Å². The molecule has 1 aliphatic rings. The van der Waals surface area contributed by atoms with Gasteiger partial charge in [-0.2, -0.15) is 4.98 Å². The first kappa shape index (κ1) is 21.4. The zero-order valence-electron chi connectivity index (χ0n) is 17.9. The fraction of sp³-hybridized carbons (Fsp3) is 0.500. The lowest BCUT2D eigenvalue weighted by atomic mass is 9.85. The first-order valence-corrected chi connectivity index (χ1v) is 10.3. The molecule has 6 nitrogen and oxygen atoms in total. The number of rotatable bonds is 5. The van der Waals surface area contributed by atoms with Crippen molar-refractivity contribution >= 4 is 29.5 Å². The molecule has 7 heteroatoms. The van der Waals surface area contributed by atoms with Gasteiger partial charge in [0.15, 0.2) is 0 Å². The largest absolute Gasteiger partial charge is 0.447 e. The maximum atomic E-state index is 12.2. The maximum Gasteiger partial charge on any atom is 0.415 e. The highest BCUT2D eigenvalue weighted by atomic mass is 35.5. The Labute approximate surface area is 177 Å². The number of anilines is 2. The van der Waals surface area contributed by atoms with Crippen LogP contribution >= 0.6 is 11.6 Å². The molecule has 1 aliphatic heterocycles. The van der Waals surface area contributed by atoms with E-state index >= 15 is 0 Å². The average Bonchev–Trinajstić information content (AvgIpc) is 3.03. The Bertz CT molecular complexity index is 895. The summed E-state index contributed by atoms with van der Waals surface area (Å²) in [6.07, 6.45) is 1.29. The monoisotopic (exact) mass is 416 g/mol. The van der Waals surface area contributed by atoms with E-state index in [4.69, 9.17) is 16.3 Å². The van der Waals surface area contributed by atoms with Crippen LogP contribution in [-0.2, 0) is 10.2 Å². The Hall–Kier alpha value is -2.34.